The Morgan fingerprint density at radius 3 is 2.44 bits per heavy atom. The van der Waals surface area contributed by atoms with Gasteiger partial charge in [-0.1, -0.05) is 44.2 Å². The second-order valence-electron chi connectivity index (χ2n) is 6.33. The molecule has 1 amide bonds. The zero-order valence-corrected chi connectivity index (χ0v) is 15.6. The van der Waals surface area contributed by atoms with E-state index < -0.39 is 27.8 Å². The molecule has 0 spiro atoms. The molecule has 2 rings (SSSR count). The first-order valence-electron chi connectivity index (χ1n) is 8.20. The van der Waals surface area contributed by atoms with Crippen LogP contribution in [0.3, 0.4) is 0 Å². The molecule has 1 aromatic rings. The van der Waals surface area contributed by atoms with Gasteiger partial charge < -0.3 is 13.8 Å². The Bertz CT molecular complexity index is 791. The van der Waals surface area contributed by atoms with Crippen molar-refractivity contribution in [3.8, 4) is 0 Å². The molecule has 1 atom stereocenters. The third kappa shape index (κ3) is 5.38. The number of hydrogen-bond donors (Lipinski definition) is 0. The molecule has 0 aliphatic carbocycles. The van der Waals surface area contributed by atoms with Crippen LogP contribution in [0.15, 0.2) is 42.2 Å². The average Bonchev–Trinajstić information content (AvgIpc) is 2.59. The summed E-state index contributed by atoms with van der Waals surface area (Å²) in [6.07, 6.45) is 0.423. The highest BCUT2D eigenvalue weighted by atomic mass is 32.2. The fraction of sp³-hybridized carbons (Fsp3) is 0.471. The molecule has 27 heavy (non-hydrogen) atoms. The van der Waals surface area contributed by atoms with Crippen molar-refractivity contribution in [2.45, 2.75) is 38.4 Å². The van der Waals surface area contributed by atoms with Crippen LogP contribution in [0.25, 0.3) is 0 Å². The second kappa shape index (κ2) is 8.20. The van der Waals surface area contributed by atoms with Crippen molar-refractivity contribution in [3.63, 3.8) is 0 Å². The van der Waals surface area contributed by atoms with Crippen LogP contribution in [0.1, 0.15) is 25.8 Å². The van der Waals surface area contributed by atoms with Gasteiger partial charge >= 0.3 is 21.7 Å². The van der Waals surface area contributed by atoms with Gasteiger partial charge in [-0.15, -0.1) is 0 Å². The molecule has 0 aromatic heterocycles. The quantitative estimate of drug-likeness (QED) is 0.548. The van der Waals surface area contributed by atoms with E-state index in [9.17, 15) is 26.4 Å². The molecule has 1 heterocycles. The Morgan fingerprint density at radius 1 is 1.26 bits per heavy atom. The standard InChI is InChI=1S/C17H20F3NO5S/c1-12(2)15-10-14(26-27(23,24)17(18,19)20)8-9-21(15)16(22)25-11-13-6-4-3-5-7-13/h3-7,10,12,15H,8-9,11H2,1-2H3. The summed E-state index contributed by atoms with van der Waals surface area (Å²) in [6, 6.07) is 8.35. The lowest BCUT2D eigenvalue weighted by Gasteiger charge is -2.35. The molecule has 0 saturated heterocycles. The van der Waals surface area contributed by atoms with Crippen LogP contribution >= 0.6 is 0 Å². The van der Waals surface area contributed by atoms with E-state index in [0.717, 1.165) is 5.56 Å². The number of ether oxygens (including phenoxy) is 1. The summed E-state index contributed by atoms with van der Waals surface area (Å²) in [5.74, 6) is -0.528. The molecule has 10 heteroatoms. The Morgan fingerprint density at radius 2 is 1.89 bits per heavy atom. The highest BCUT2D eigenvalue weighted by Gasteiger charge is 2.49. The minimum Gasteiger partial charge on any atom is -0.445 e. The monoisotopic (exact) mass is 407 g/mol. The molecule has 0 saturated carbocycles. The van der Waals surface area contributed by atoms with Gasteiger partial charge in [-0.3, -0.25) is 0 Å². The Balaban J connectivity index is 2.09. The summed E-state index contributed by atoms with van der Waals surface area (Å²) >= 11 is 0. The zero-order valence-electron chi connectivity index (χ0n) is 14.8. The van der Waals surface area contributed by atoms with E-state index in [0.29, 0.717) is 0 Å². The van der Waals surface area contributed by atoms with E-state index in [1.54, 1.807) is 38.1 Å². The fourth-order valence-electron chi connectivity index (χ4n) is 2.57. The third-order valence-electron chi connectivity index (χ3n) is 3.94. The molecule has 0 fully saturated rings. The van der Waals surface area contributed by atoms with E-state index in [4.69, 9.17) is 4.74 Å². The first kappa shape index (κ1) is 21.1. The number of hydrogen-bond acceptors (Lipinski definition) is 5. The van der Waals surface area contributed by atoms with Gasteiger partial charge in [0.25, 0.3) is 0 Å². The number of benzene rings is 1. The van der Waals surface area contributed by atoms with Crippen LogP contribution in [0.4, 0.5) is 18.0 Å². The number of amides is 1. The second-order valence-corrected chi connectivity index (χ2v) is 7.87. The lowest BCUT2D eigenvalue weighted by molar-refractivity contribution is -0.0526. The van der Waals surface area contributed by atoms with Crippen molar-refractivity contribution >= 4 is 16.2 Å². The summed E-state index contributed by atoms with van der Waals surface area (Å²) in [7, 11) is -5.73. The van der Waals surface area contributed by atoms with E-state index in [1.165, 1.54) is 11.0 Å². The smallest absolute Gasteiger partial charge is 0.445 e. The molecule has 0 radical (unpaired) electrons. The number of alkyl halides is 3. The SMILES string of the molecule is CC(C)C1C=C(OS(=O)(=O)C(F)(F)F)CCN1C(=O)OCc1ccccc1. The van der Waals surface area contributed by atoms with Gasteiger partial charge in [-0.25, -0.2) is 4.79 Å². The largest absolute Gasteiger partial charge is 0.534 e. The summed E-state index contributed by atoms with van der Waals surface area (Å²) < 4.78 is 69.3. The van der Waals surface area contributed by atoms with Crippen LogP contribution in [0, 0.1) is 5.92 Å². The fourth-order valence-corrected chi connectivity index (χ4v) is 3.08. The molecule has 6 nitrogen and oxygen atoms in total. The van der Waals surface area contributed by atoms with Gasteiger partial charge in [0.2, 0.25) is 0 Å². The van der Waals surface area contributed by atoms with Gasteiger partial charge in [0, 0.05) is 13.0 Å². The van der Waals surface area contributed by atoms with E-state index in [-0.39, 0.29) is 31.2 Å². The predicted molar refractivity (Wildman–Crippen MR) is 90.7 cm³/mol. The zero-order chi connectivity index (χ0) is 20.2. The molecular formula is C17H20F3NO5S. The maximum Gasteiger partial charge on any atom is 0.534 e. The van der Waals surface area contributed by atoms with Crippen LogP contribution in [0.2, 0.25) is 0 Å². The summed E-state index contributed by atoms with van der Waals surface area (Å²) in [4.78, 5) is 13.7. The van der Waals surface area contributed by atoms with Crippen molar-refractivity contribution in [1.82, 2.24) is 4.90 Å². The van der Waals surface area contributed by atoms with Gasteiger partial charge in [0.1, 0.15) is 12.4 Å². The molecule has 1 aliphatic heterocycles. The van der Waals surface area contributed by atoms with Gasteiger partial charge in [-0.05, 0) is 17.6 Å². The van der Waals surface area contributed by atoms with Crippen LogP contribution < -0.4 is 0 Å². The van der Waals surface area contributed by atoms with Gasteiger partial charge in [0.15, 0.2) is 0 Å². The normalized spacial score (nSPS) is 18.2. The Kier molecular flexibility index (Phi) is 6.40. The number of carbonyl (C=O) groups excluding carboxylic acids is 1. The Labute approximate surface area is 155 Å². The van der Waals surface area contributed by atoms with Crippen molar-refractivity contribution in [2.24, 2.45) is 5.92 Å². The summed E-state index contributed by atoms with van der Waals surface area (Å²) in [5.41, 5.74) is -4.72. The predicted octanol–water partition coefficient (Wildman–Crippen LogP) is 3.80. The van der Waals surface area contributed by atoms with E-state index >= 15 is 0 Å². The third-order valence-corrected chi connectivity index (χ3v) is 4.94. The first-order valence-corrected chi connectivity index (χ1v) is 9.61. The van der Waals surface area contributed by atoms with E-state index in [2.05, 4.69) is 4.18 Å². The molecule has 0 bridgehead atoms. The molecule has 1 unspecified atom stereocenters. The van der Waals surface area contributed by atoms with Crippen molar-refractivity contribution in [2.75, 3.05) is 6.54 Å². The lowest BCUT2D eigenvalue weighted by atomic mass is 9.98. The molecule has 150 valence electrons. The van der Waals surface area contributed by atoms with Gasteiger partial charge in [-0.2, -0.15) is 21.6 Å². The van der Waals surface area contributed by atoms with Gasteiger partial charge in [0.05, 0.1) is 6.04 Å². The topological polar surface area (TPSA) is 72.9 Å². The highest BCUT2D eigenvalue weighted by Crippen LogP contribution is 2.30. The van der Waals surface area contributed by atoms with Crippen LogP contribution in [-0.4, -0.2) is 37.5 Å². The number of rotatable bonds is 5. The summed E-state index contributed by atoms with van der Waals surface area (Å²) in [5, 5.41) is 0. The van der Waals surface area contributed by atoms with Crippen molar-refractivity contribution < 1.29 is 35.3 Å². The van der Waals surface area contributed by atoms with Crippen LogP contribution in [-0.2, 0) is 25.6 Å². The number of nitrogens with zero attached hydrogens (tertiary/aromatic N) is 1. The molecule has 1 aliphatic rings. The van der Waals surface area contributed by atoms with Crippen LogP contribution in [0.5, 0.6) is 0 Å². The number of halogens is 3. The lowest BCUT2D eigenvalue weighted by Crippen LogP contribution is -2.46. The van der Waals surface area contributed by atoms with Crippen molar-refractivity contribution in [3.05, 3.63) is 47.7 Å². The molecule has 0 N–H and O–H groups in total. The summed E-state index contributed by atoms with van der Waals surface area (Å²) in [6.45, 7) is 3.53. The maximum absolute atomic E-state index is 12.5. The maximum atomic E-state index is 12.5. The average molecular weight is 407 g/mol. The molecular weight excluding hydrogens is 387 g/mol. The highest BCUT2D eigenvalue weighted by molar-refractivity contribution is 7.87. The minimum absolute atomic E-state index is 0.0182. The minimum atomic E-state index is -5.73. The molecule has 1 aromatic carbocycles. The Hall–Kier alpha value is -2.23. The van der Waals surface area contributed by atoms with E-state index in [1.807, 2.05) is 6.07 Å². The number of carbonyl (C=O) groups is 1. The first-order chi connectivity index (χ1) is 12.5. The van der Waals surface area contributed by atoms with Crippen molar-refractivity contribution in [1.29, 1.82) is 0 Å².